The van der Waals surface area contributed by atoms with Gasteiger partial charge >= 0.3 is 0 Å². The third-order valence-electron chi connectivity index (χ3n) is 5.02. The van der Waals surface area contributed by atoms with Crippen molar-refractivity contribution in [3.05, 3.63) is 59.5 Å². The van der Waals surface area contributed by atoms with Crippen LogP contribution in [-0.2, 0) is 6.54 Å². The van der Waals surface area contributed by atoms with Crippen LogP contribution in [-0.4, -0.2) is 44.7 Å². The summed E-state index contributed by atoms with van der Waals surface area (Å²) in [5.74, 6) is 1.68. The minimum absolute atomic E-state index is 0.0348. The van der Waals surface area contributed by atoms with Gasteiger partial charge in [0.15, 0.2) is 0 Å². The van der Waals surface area contributed by atoms with Gasteiger partial charge in [-0.3, -0.25) is 14.3 Å². The second-order valence-electron chi connectivity index (χ2n) is 6.84. The first-order valence-electron chi connectivity index (χ1n) is 9.32. The van der Waals surface area contributed by atoms with Crippen molar-refractivity contribution in [2.75, 3.05) is 25.1 Å². The number of methoxy groups -OCH3 is 1. The summed E-state index contributed by atoms with van der Waals surface area (Å²) in [4.78, 5) is 31.9. The number of anilines is 1. The van der Waals surface area contributed by atoms with Crippen LogP contribution in [0.3, 0.4) is 0 Å². The van der Waals surface area contributed by atoms with Crippen molar-refractivity contribution >= 4 is 5.95 Å². The quantitative estimate of drug-likeness (QED) is 0.671. The van der Waals surface area contributed by atoms with Gasteiger partial charge in [-0.2, -0.15) is 4.98 Å². The molecule has 0 atom stereocenters. The highest BCUT2D eigenvalue weighted by atomic mass is 16.5. The molecule has 1 aliphatic rings. The number of ether oxygens (including phenoxy) is 1. The highest BCUT2D eigenvalue weighted by Gasteiger charge is 2.22. The zero-order valence-corrected chi connectivity index (χ0v) is 15.7. The summed E-state index contributed by atoms with van der Waals surface area (Å²) < 4.78 is 6.87. The van der Waals surface area contributed by atoms with Gasteiger partial charge in [-0.1, -0.05) is 0 Å². The summed E-state index contributed by atoms with van der Waals surface area (Å²) in [5.41, 5.74) is 1.46. The van der Waals surface area contributed by atoms with Crippen LogP contribution in [0.15, 0.2) is 54.0 Å². The highest BCUT2D eigenvalue weighted by molar-refractivity contribution is 5.56. The molecule has 0 amide bonds. The van der Waals surface area contributed by atoms with Crippen LogP contribution in [0.5, 0.6) is 5.88 Å². The summed E-state index contributed by atoms with van der Waals surface area (Å²) in [5, 5.41) is 0. The van der Waals surface area contributed by atoms with E-state index >= 15 is 0 Å². The molecule has 1 fully saturated rings. The average Bonchev–Trinajstić information content (AvgIpc) is 2.76. The monoisotopic (exact) mass is 378 g/mol. The summed E-state index contributed by atoms with van der Waals surface area (Å²) in [7, 11) is 1.60. The van der Waals surface area contributed by atoms with Crippen LogP contribution in [0, 0.1) is 5.92 Å². The van der Waals surface area contributed by atoms with E-state index in [-0.39, 0.29) is 5.56 Å². The Balaban J connectivity index is 1.39. The van der Waals surface area contributed by atoms with E-state index in [1.165, 1.54) is 0 Å². The molecule has 28 heavy (non-hydrogen) atoms. The Kier molecular flexibility index (Phi) is 5.27. The van der Waals surface area contributed by atoms with Crippen molar-refractivity contribution in [2.45, 2.75) is 19.4 Å². The van der Waals surface area contributed by atoms with Crippen LogP contribution in [0.2, 0.25) is 0 Å². The third-order valence-corrected chi connectivity index (χ3v) is 5.02. The summed E-state index contributed by atoms with van der Waals surface area (Å²) >= 11 is 0. The maximum absolute atomic E-state index is 12.5. The number of piperidine rings is 1. The number of aromatic nitrogens is 5. The molecule has 1 aliphatic heterocycles. The van der Waals surface area contributed by atoms with Gasteiger partial charge in [-0.25, -0.2) is 9.97 Å². The number of nitrogens with zero attached hydrogens (tertiary/aromatic N) is 6. The molecular formula is C20H22N6O2. The second kappa shape index (κ2) is 8.16. The van der Waals surface area contributed by atoms with E-state index in [1.807, 2.05) is 12.1 Å². The van der Waals surface area contributed by atoms with E-state index in [4.69, 9.17) is 4.74 Å². The molecule has 0 bridgehead atoms. The lowest BCUT2D eigenvalue weighted by Gasteiger charge is -2.32. The smallest absolute Gasteiger partial charge is 0.253 e. The SMILES string of the molecule is COc1ccnc(N2CCC(Cn3cnc(-c4cccnc4)cc3=O)CC2)n1. The highest BCUT2D eigenvalue weighted by Crippen LogP contribution is 2.23. The van der Waals surface area contributed by atoms with Crippen LogP contribution >= 0.6 is 0 Å². The molecule has 3 aromatic rings. The number of hydrogen-bond acceptors (Lipinski definition) is 7. The Morgan fingerprint density at radius 2 is 2.04 bits per heavy atom. The fourth-order valence-corrected chi connectivity index (χ4v) is 3.43. The van der Waals surface area contributed by atoms with Gasteiger partial charge in [0.05, 0.1) is 19.1 Å². The number of hydrogen-bond donors (Lipinski definition) is 0. The predicted molar refractivity (Wildman–Crippen MR) is 105 cm³/mol. The van der Waals surface area contributed by atoms with E-state index in [0.29, 0.717) is 30.0 Å². The maximum atomic E-state index is 12.5. The normalized spacial score (nSPS) is 14.8. The summed E-state index contributed by atoms with van der Waals surface area (Å²) in [6, 6.07) is 7.05. The molecule has 4 rings (SSSR count). The molecule has 8 nitrogen and oxygen atoms in total. The van der Waals surface area contributed by atoms with E-state index in [2.05, 4.69) is 24.8 Å². The lowest BCUT2D eigenvalue weighted by molar-refractivity contribution is 0.347. The first-order valence-corrected chi connectivity index (χ1v) is 9.32. The average molecular weight is 378 g/mol. The van der Waals surface area contributed by atoms with E-state index in [0.717, 1.165) is 31.5 Å². The first-order chi connectivity index (χ1) is 13.7. The largest absolute Gasteiger partial charge is 0.481 e. The Morgan fingerprint density at radius 3 is 2.75 bits per heavy atom. The zero-order chi connectivity index (χ0) is 19.3. The van der Waals surface area contributed by atoms with E-state index in [9.17, 15) is 4.79 Å². The molecule has 0 radical (unpaired) electrons. The molecule has 4 heterocycles. The van der Waals surface area contributed by atoms with Gasteiger partial charge in [-0.15, -0.1) is 0 Å². The van der Waals surface area contributed by atoms with Crippen molar-refractivity contribution in [1.29, 1.82) is 0 Å². The number of pyridine rings is 1. The van der Waals surface area contributed by atoms with Gasteiger partial charge in [0, 0.05) is 55.9 Å². The molecule has 0 aliphatic carbocycles. The molecule has 0 aromatic carbocycles. The fourth-order valence-electron chi connectivity index (χ4n) is 3.43. The minimum Gasteiger partial charge on any atom is -0.481 e. The Bertz CT molecular complexity index is 983. The molecule has 0 saturated carbocycles. The number of rotatable bonds is 5. The van der Waals surface area contributed by atoms with Crippen molar-refractivity contribution in [3.63, 3.8) is 0 Å². The summed E-state index contributed by atoms with van der Waals surface area (Å²) in [6.45, 7) is 2.38. The van der Waals surface area contributed by atoms with Crippen LogP contribution in [0.25, 0.3) is 11.3 Å². The molecule has 0 spiro atoms. The van der Waals surface area contributed by atoms with Crippen molar-refractivity contribution in [3.8, 4) is 17.1 Å². The molecule has 144 valence electrons. The molecule has 0 N–H and O–H groups in total. The lowest BCUT2D eigenvalue weighted by Crippen LogP contribution is -2.37. The Morgan fingerprint density at radius 1 is 1.18 bits per heavy atom. The van der Waals surface area contributed by atoms with Crippen LogP contribution in [0.1, 0.15) is 12.8 Å². The van der Waals surface area contributed by atoms with Gasteiger partial charge in [0.1, 0.15) is 0 Å². The molecule has 3 aromatic heterocycles. The van der Waals surface area contributed by atoms with E-state index < -0.39 is 0 Å². The topological polar surface area (TPSA) is 86.0 Å². The third kappa shape index (κ3) is 4.00. The first kappa shape index (κ1) is 18.1. The van der Waals surface area contributed by atoms with Crippen molar-refractivity contribution in [1.82, 2.24) is 24.5 Å². The van der Waals surface area contributed by atoms with Gasteiger partial charge in [0.25, 0.3) is 5.56 Å². The Labute approximate surface area is 162 Å². The van der Waals surface area contributed by atoms with Gasteiger partial charge in [0.2, 0.25) is 11.8 Å². The van der Waals surface area contributed by atoms with Crippen molar-refractivity contribution < 1.29 is 4.74 Å². The fraction of sp³-hybridized carbons (Fsp3) is 0.350. The summed E-state index contributed by atoms with van der Waals surface area (Å²) in [6.07, 6.45) is 8.70. The lowest BCUT2D eigenvalue weighted by atomic mass is 9.97. The zero-order valence-electron chi connectivity index (χ0n) is 15.7. The Hall–Kier alpha value is -3.29. The van der Waals surface area contributed by atoms with Gasteiger partial charge < -0.3 is 9.64 Å². The van der Waals surface area contributed by atoms with Gasteiger partial charge in [-0.05, 0) is 30.9 Å². The maximum Gasteiger partial charge on any atom is 0.253 e. The van der Waals surface area contributed by atoms with Crippen LogP contribution < -0.4 is 15.2 Å². The second-order valence-corrected chi connectivity index (χ2v) is 6.84. The predicted octanol–water partition coefficient (Wildman–Crippen LogP) is 2.02. The molecule has 0 unspecified atom stereocenters. The van der Waals surface area contributed by atoms with Crippen LogP contribution in [0.4, 0.5) is 5.95 Å². The molecular weight excluding hydrogens is 356 g/mol. The van der Waals surface area contributed by atoms with Crippen molar-refractivity contribution in [2.24, 2.45) is 5.92 Å². The molecule has 8 heteroatoms. The molecule has 1 saturated heterocycles. The standard InChI is InChI=1S/C20H22N6O2/c1-28-18-4-8-22-20(24-18)25-9-5-15(6-10-25)13-26-14-23-17(11-19(26)27)16-3-2-7-21-12-16/h2-4,7-8,11-12,14-15H,5-6,9-10,13H2,1H3. The minimum atomic E-state index is -0.0348. The van der Waals surface area contributed by atoms with E-state index in [1.54, 1.807) is 48.7 Å².